The number of rotatable bonds is 3. The molecule has 1 aliphatic rings. The van der Waals surface area contributed by atoms with Crippen LogP contribution in [0, 0.1) is 11.6 Å². The number of nitrogens with zero attached hydrogens (tertiary/aromatic N) is 1. The van der Waals surface area contributed by atoms with Crippen molar-refractivity contribution in [3.05, 3.63) is 35.4 Å². The number of amides is 1. The van der Waals surface area contributed by atoms with Crippen LogP contribution in [-0.2, 0) is 4.79 Å². The molecule has 5 heteroatoms. The Morgan fingerprint density at radius 3 is 2.74 bits per heavy atom. The van der Waals surface area contributed by atoms with Gasteiger partial charge in [0.15, 0.2) is 11.6 Å². The molecule has 0 aromatic heterocycles. The van der Waals surface area contributed by atoms with Crippen LogP contribution in [0.15, 0.2) is 18.2 Å². The van der Waals surface area contributed by atoms with Crippen LogP contribution in [0.25, 0.3) is 0 Å². The van der Waals surface area contributed by atoms with Crippen molar-refractivity contribution in [1.29, 1.82) is 0 Å². The normalized spacial score (nSPS) is 20.3. The Bertz CT molecular complexity index is 473. The van der Waals surface area contributed by atoms with Gasteiger partial charge in [-0.15, -0.1) is 0 Å². The van der Waals surface area contributed by atoms with Crippen molar-refractivity contribution in [2.45, 2.75) is 31.8 Å². The van der Waals surface area contributed by atoms with Crippen LogP contribution in [0.1, 0.15) is 31.4 Å². The summed E-state index contributed by atoms with van der Waals surface area (Å²) >= 11 is 0. The highest BCUT2D eigenvalue weighted by atomic mass is 19.2. The zero-order valence-electron chi connectivity index (χ0n) is 11.1. The molecular formula is C14H18F2N2O. The molecule has 1 aromatic rings. The first-order valence-electron chi connectivity index (χ1n) is 6.45. The van der Waals surface area contributed by atoms with Crippen LogP contribution in [0.3, 0.4) is 0 Å². The van der Waals surface area contributed by atoms with Crippen LogP contribution in [-0.4, -0.2) is 30.4 Å². The highest BCUT2D eigenvalue weighted by molar-refractivity contribution is 5.82. The molecule has 1 unspecified atom stereocenters. The van der Waals surface area contributed by atoms with Crippen molar-refractivity contribution in [3.63, 3.8) is 0 Å². The van der Waals surface area contributed by atoms with Gasteiger partial charge in [0.25, 0.3) is 0 Å². The van der Waals surface area contributed by atoms with Gasteiger partial charge in [0.1, 0.15) is 0 Å². The van der Waals surface area contributed by atoms with E-state index in [1.165, 1.54) is 6.07 Å². The number of likely N-dealkylation sites (N-methyl/N-ethyl adjacent to an activating group) is 1. The number of carbonyl (C=O) groups excluding carboxylic acids is 1. The molecule has 0 radical (unpaired) electrons. The number of carbonyl (C=O) groups is 1. The van der Waals surface area contributed by atoms with Crippen LogP contribution >= 0.6 is 0 Å². The van der Waals surface area contributed by atoms with E-state index in [9.17, 15) is 13.6 Å². The highest BCUT2D eigenvalue weighted by Gasteiger charge is 2.28. The Morgan fingerprint density at radius 2 is 2.16 bits per heavy atom. The van der Waals surface area contributed by atoms with Crippen molar-refractivity contribution in [3.8, 4) is 0 Å². The predicted molar refractivity (Wildman–Crippen MR) is 68.6 cm³/mol. The summed E-state index contributed by atoms with van der Waals surface area (Å²) in [5.41, 5.74) is 0.591. The topological polar surface area (TPSA) is 32.3 Å². The van der Waals surface area contributed by atoms with Gasteiger partial charge >= 0.3 is 0 Å². The van der Waals surface area contributed by atoms with Crippen molar-refractivity contribution < 1.29 is 13.6 Å². The summed E-state index contributed by atoms with van der Waals surface area (Å²) in [7, 11) is 1.69. The maximum absolute atomic E-state index is 13.2. The van der Waals surface area contributed by atoms with Crippen LogP contribution in [0.4, 0.5) is 8.78 Å². The molecule has 3 nitrogen and oxygen atoms in total. The smallest absolute Gasteiger partial charge is 0.239 e. The minimum Gasteiger partial charge on any atom is -0.338 e. The second-order valence-corrected chi connectivity index (χ2v) is 4.95. The zero-order valence-corrected chi connectivity index (χ0v) is 11.1. The minimum atomic E-state index is -0.885. The summed E-state index contributed by atoms with van der Waals surface area (Å²) in [5.74, 6) is -1.76. The fraction of sp³-hybridized carbons (Fsp3) is 0.500. The fourth-order valence-corrected chi connectivity index (χ4v) is 2.33. The second kappa shape index (κ2) is 5.65. The monoisotopic (exact) mass is 268 g/mol. The molecule has 1 heterocycles. The van der Waals surface area contributed by atoms with Gasteiger partial charge in [0.2, 0.25) is 5.91 Å². The Labute approximate surface area is 111 Å². The molecule has 0 spiro atoms. The van der Waals surface area contributed by atoms with Crippen LogP contribution in [0.2, 0.25) is 0 Å². The van der Waals surface area contributed by atoms with E-state index in [4.69, 9.17) is 0 Å². The SMILES string of the molecule is CC(c1ccc(F)c(F)c1)N(C)C(=O)[C@@H]1CCCN1. The lowest BCUT2D eigenvalue weighted by atomic mass is 10.1. The number of hydrogen-bond acceptors (Lipinski definition) is 2. The number of nitrogens with one attached hydrogen (secondary N) is 1. The molecule has 19 heavy (non-hydrogen) atoms. The molecule has 2 rings (SSSR count). The molecule has 2 atom stereocenters. The lowest BCUT2D eigenvalue weighted by molar-refractivity contribution is -0.133. The quantitative estimate of drug-likeness (QED) is 0.911. The number of benzene rings is 1. The van der Waals surface area contributed by atoms with E-state index in [0.717, 1.165) is 31.5 Å². The highest BCUT2D eigenvalue weighted by Crippen LogP contribution is 2.22. The standard InChI is InChI=1S/C14H18F2N2O/c1-9(10-5-6-11(15)12(16)8-10)18(2)14(19)13-4-3-7-17-13/h5-6,8-9,13,17H,3-4,7H2,1-2H3/t9?,13-/m0/s1. The van der Waals surface area contributed by atoms with Gasteiger partial charge in [-0.25, -0.2) is 8.78 Å². The van der Waals surface area contributed by atoms with Crippen molar-refractivity contribution in [2.24, 2.45) is 0 Å². The first-order valence-corrected chi connectivity index (χ1v) is 6.45. The van der Waals surface area contributed by atoms with Gasteiger partial charge in [-0.05, 0) is 44.0 Å². The van der Waals surface area contributed by atoms with Crippen molar-refractivity contribution >= 4 is 5.91 Å². The fourth-order valence-electron chi connectivity index (χ4n) is 2.33. The Morgan fingerprint density at radius 1 is 1.42 bits per heavy atom. The molecule has 0 aliphatic carbocycles. The molecule has 1 saturated heterocycles. The van der Waals surface area contributed by atoms with E-state index < -0.39 is 11.6 Å². The van der Waals surface area contributed by atoms with E-state index in [-0.39, 0.29) is 18.0 Å². The second-order valence-electron chi connectivity index (χ2n) is 4.95. The Balaban J connectivity index is 2.11. The van der Waals surface area contributed by atoms with Gasteiger partial charge < -0.3 is 10.2 Å². The Kier molecular flexibility index (Phi) is 4.14. The molecule has 1 aliphatic heterocycles. The number of halogens is 2. The third-order valence-electron chi connectivity index (χ3n) is 3.71. The minimum absolute atomic E-state index is 0.00488. The molecule has 1 fully saturated rings. The lowest BCUT2D eigenvalue weighted by Gasteiger charge is -2.28. The molecule has 1 N–H and O–H groups in total. The molecule has 1 amide bonds. The lowest BCUT2D eigenvalue weighted by Crippen LogP contribution is -2.42. The first kappa shape index (κ1) is 13.9. The van der Waals surface area contributed by atoms with Crippen LogP contribution in [0.5, 0.6) is 0 Å². The van der Waals surface area contributed by atoms with Gasteiger partial charge in [0.05, 0.1) is 12.1 Å². The maximum atomic E-state index is 13.2. The summed E-state index contributed by atoms with van der Waals surface area (Å²) in [6.07, 6.45) is 1.82. The van der Waals surface area contributed by atoms with Gasteiger partial charge in [0, 0.05) is 7.05 Å². The van der Waals surface area contributed by atoms with Gasteiger partial charge in [-0.3, -0.25) is 4.79 Å². The first-order chi connectivity index (χ1) is 9.00. The third kappa shape index (κ3) is 2.92. The summed E-state index contributed by atoms with van der Waals surface area (Å²) < 4.78 is 26.1. The van der Waals surface area contributed by atoms with E-state index >= 15 is 0 Å². The van der Waals surface area contributed by atoms with E-state index in [0.29, 0.717) is 5.56 Å². The van der Waals surface area contributed by atoms with Crippen LogP contribution < -0.4 is 5.32 Å². The average Bonchev–Trinajstić information content (AvgIpc) is 2.93. The van der Waals surface area contributed by atoms with Crippen molar-refractivity contribution in [2.75, 3.05) is 13.6 Å². The summed E-state index contributed by atoms with van der Waals surface area (Å²) in [6, 6.07) is 3.30. The molecule has 0 bridgehead atoms. The van der Waals surface area contributed by atoms with E-state index in [2.05, 4.69) is 5.32 Å². The van der Waals surface area contributed by atoms with Crippen molar-refractivity contribution in [1.82, 2.24) is 10.2 Å². The molecule has 104 valence electrons. The number of hydrogen-bond donors (Lipinski definition) is 1. The third-order valence-corrected chi connectivity index (χ3v) is 3.71. The molecule has 0 saturated carbocycles. The Hall–Kier alpha value is -1.49. The molecular weight excluding hydrogens is 250 g/mol. The zero-order chi connectivity index (χ0) is 14.0. The average molecular weight is 268 g/mol. The van der Waals surface area contributed by atoms with Gasteiger partial charge in [-0.2, -0.15) is 0 Å². The largest absolute Gasteiger partial charge is 0.338 e. The maximum Gasteiger partial charge on any atom is 0.239 e. The summed E-state index contributed by atoms with van der Waals surface area (Å²) in [5, 5.41) is 3.14. The predicted octanol–water partition coefficient (Wildman–Crippen LogP) is 2.24. The van der Waals surface area contributed by atoms with E-state index in [1.54, 1.807) is 18.9 Å². The summed E-state index contributed by atoms with van der Waals surface area (Å²) in [4.78, 5) is 13.8. The molecule has 1 aromatic carbocycles. The van der Waals surface area contributed by atoms with Gasteiger partial charge in [-0.1, -0.05) is 6.07 Å². The summed E-state index contributed by atoms with van der Waals surface area (Å²) in [6.45, 7) is 2.66. The van der Waals surface area contributed by atoms with E-state index in [1.807, 2.05) is 0 Å².